The molecule has 0 amide bonds. The van der Waals surface area contributed by atoms with Crippen LogP contribution in [0.4, 0.5) is 0 Å². The lowest BCUT2D eigenvalue weighted by atomic mass is 10.1. The average molecular weight is 245 g/mol. The molecule has 0 bridgehead atoms. The zero-order valence-electron chi connectivity index (χ0n) is 9.65. The van der Waals surface area contributed by atoms with Crippen LogP contribution in [0.25, 0.3) is 0 Å². The van der Waals surface area contributed by atoms with Gasteiger partial charge in [-0.2, -0.15) is 5.10 Å². The van der Waals surface area contributed by atoms with Crippen LogP contribution in [0.2, 0.25) is 5.15 Å². The summed E-state index contributed by atoms with van der Waals surface area (Å²) in [5.74, 6) is 0. The van der Waals surface area contributed by atoms with Gasteiger partial charge in [0, 0.05) is 19.3 Å². The van der Waals surface area contributed by atoms with Crippen molar-refractivity contribution >= 4 is 11.6 Å². The monoisotopic (exact) mass is 244 g/mol. The van der Waals surface area contributed by atoms with Gasteiger partial charge in [-0.1, -0.05) is 25.4 Å². The van der Waals surface area contributed by atoms with Gasteiger partial charge in [0.2, 0.25) is 0 Å². The largest absolute Gasteiger partial charge is 0.381 e. The van der Waals surface area contributed by atoms with E-state index in [0.29, 0.717) is 18.4 Å². The normalized spacial score (nSPS) is 16.4. The molecule has 2 rings (SSSR count). The molecule has 0 atom stereocenters. The number of hydrogen-bond acceptors (Lipinski definition) is 3. The molecular weight excluding hydrogens is 228 g/mol. The predicted molar refractivity (Wildman–Crippen MR) is 63.9 cm³/mol. The van der Waals surface area contributed by atoms with Crippen LogP contribution in [0.15, 0.2) is 16.9 Å². The van der Waals surface area contributed by atoms with E-state index in [4.69, 9.17) is 16.3 Å². The van der Waals surface area contributed by atoms with Crippen LogP contribution in [0.3, 0.4) is 0 Å². The molecule has 1 aromatic heterocycles. The summed E-state index contributed by atoms with van der Waals surface area (Å²) in [6, 6.07) is 3.10. The highest BCUT2D eigenvalue weighted by Crippen LogP contribution is 2.18. The van der Waals surface area contributed by atoms with E-state index in [1.165, 1.54) is 16.8 Å². The van der Waals surface area contributed by atoms with Gasteiger partial charge in [0.15, 0.2) is 0 Å². The summed E-state index contributed by atoms with van der Waals surface area (Å²) in [5, 5.41) is 4.37. The van der Waals surface area contributed by atoms with Crippen molar-refractivity contribution in [2.24, 2.45) is 0 Å². The topological polar surface area (TPSA) is 44.1 Å². The molecule has 0 radical (unpaired) electrons. The summed E-state index contributed by atoms with van der Waals surface area (Å²) in [6.45, 7) is 5.37. The number of ether oxygens (including phenoxy) is 1. The van der Waals surface area contributed by atoms with Gasteiger partial charge >= 0.3 is 0 Å². The maximum atomic E-state index is 11.5. The average Bonchev–Trinajstić information content (AvgIpc) is 2.36. The first-order chi connectivity index (χ1) is 7.77. The Labute approximate surface area is 100 Å². The second-order valence-corrected chi connectivity index (χ2v) is 3.67. The van der Waals surface area contributed by atoms with Crippen LogP contribution in [0, 0.1) is 0 Å². The highest BCUT2D eigenvalue weighted by molar-refractivity contribution is 6.29. The van der Waals surface area contributed by atoms with Crippen molar-refractivity contribution in [3.63, 3.8) is 0 Å². The molecule has 16 heavy (non-hydrogen) atoms. The van der Waals surface area contributed by atoms with Crippen molar-refractivity contribution in [2.75, 3.05) is 13.2 Å². The van der Waals surface area contributed by atoms with Crippen LogP contribution in [0.1, 0.15) is 32.7 Å². The third kappa shape index (κ3) is 3.32. The Kier molecular flexibility index (Phi) is 5.49. The molecule has 90 valence electrons. The van der Waals surface area contributed by atoms with Crippen LogP contribution in [-0.2, 0) is 4.74 Å². The van der Waals surface area contributed by atoms with Crippen molar-refractivity contribution in [1.82, 2.24) is 9.78 Å². The molecule has 1 saturated heterocycles. The summed E-state index contributed by atoms with van der Waals surface area (Å²) < 4.78 is 6.68. The Morgan fingerprint density at radius 1 is 1.38 bits per heavy atom. The summed E-state index contributed by atoms with van der Waals surface area (Å²) in [4.78, 5) is 11.5. The van der Waals surface area contributed by atoms with E-state index in [2.05, 4.69) is 5.10 Å². The van der Waals surface area contributed by atoms with Crippen molar-refractivity contribution < 1.29 is 4.74 Å². The summed E-state index contributed by atoms with van der Waals surface area (Å²) in [6.07, 6.45) is 1.65. The maximum Gasteiger partial charge on any atom is 0.267 e. The van der Waals surface area contributed by atoms with E-state index in [-0.39, 0.29) is 11.6 Å². The third-order valence-electron chi connectivity index (χ3n) is 2.33. The minimum absolute atomic E-state index is 0.0960. The van der Waals surface area contributed by atoms with Crippen molar-refractivity contribution in [1.29, 1.82) is 0 Å². The second kappa shape index (κ2) is 6.66. The highest BCUT2D eigenvalue weighted by atomic mass is 35.5. The third-order valence-corrected chi connectivity index (χ3v) is 2.53. The van der Waals surface area contributed by atoms with Crippen LogP contribution in [-0.4, -0.2) is 23.0 Å². The van der Waals surface area contributed by atoms with Gasteiger partial charge < -0.3 is 4.74 Å². The summed E-state index contributed by atoms with van der Waals surface area (Å²) in [5.41, 5.74) is -0.0960. The van der Waals surface area contributed by atoms with E-state index in [1.54, 1.807) is 0 Å². The van der Waals surface area contributed by atoms with Crippen molar-refractivity contribution in [2.45, 2.75) is 32.7 Å². The summed E-state index contributed by atoms with van der Waals surface area (Å²) >= 11 is 5.73. The van der Waals surface area contributed by atoms with Gasteiger partial charge in [-0.25, -0.2) is 4.68 Å². The molecule has 5 heteroatoms. The fourth-order valence-electron chi connectivity index (χ4n) is 1.59. The van der Waals surface area contributed by atoms with Gasteiger partial charge in [-0.3, -0.25) is 4.79 Å². The molecule has 0 spiro atoms. The Morgan fingerprint density at radius 2 is 2.00 bits per heavy atom. The summed E-state index contributed by atoms with van der Waals surface area (Å²) in [7, 11) is 0. The SMILES string of the molecule is CC.O=c1ccc(Cl)nn1C1CCOCC1. The zero-order valence-corrected chi connectivity index (χ0v) is 10.4. The predicted octanol–water partition coefficient (Wildman–Crippen LogP) is 2.27. The Balaban J connectivity index is 0.000000606. The molecule has 1 aliphatic heterocycles. The Hall–Kier alpha value is -0.870. The lowest BCUT2D eigenvalue weighted by Crippen LogP contribution is -2.30. The van der Waals surface area contributed by atoms with E-state index in [1.807, 2.05) is 13.8 Å². The maximum absolute atomic E-state index is 11.5. The minimum atomic E-state index is -0.0960. The fraction of sp³-hybridized carbons (Fsp3) is 0.636. The highest BCUT2D eigenvalue weighted by Gasteiger charge is 2.17. The number of aromatic nitrogens is 2. The number of rotatable bonds is 1. The van der Waals surface area contributed by atoms with E-state index < -0.39 is 0 Å². The molecule has 4 nitrogen and oxygen atoms in total. The second-order valence-electron chi connectivity index (χ2n) is 3.28. The quantitative estimate of drug-likeness (QED) is 0.761. The smallest absolute Gasteiger partial charge is 0.267 e. The lowest BCUT2D eigenvalue weighted by molar-refractivity contribution is 0.0648. The molecule has 1 fully saturated rings. The van der Waals surface area contributed by atoms with Crippen LogP contribution in [0.5, 0.6) is 0 Å². The fourth-order valence-corrected chi connectivity index (χ4v) is 1.74. The molecule has 0 aromatic carbocycles. The first-order valence-electron chi connectivity index (χ1n) is 5.60. The molecule has 1 aromatic rings. The van der Waals surface area contributed by atoms with Crippen molar-refractivity contribution in [3.05, 3.63) is 27.6 Å². The lowest BCUT2D eigenvalue weighted by Gasteiger charge is -2.22. The van der Waals surface area contributed by atoms with Crippen LogP contribution >= 0.6 is 11.6 Å². The zero-order chi connectivity index (χ0) is 12.0. The van der Waals surface area contributed by atoms with Crippen LogP contribution < -0.4 is 5.56 Å². The molecule has 0 N–H and O–H groups in total. The van der Waals surface area contributed by atoms with Gasteiger partial charge in [0.05, 0.1) is 6.04 Å². The number of nitrogens with zero attached hydrogens (tertiary/aromatic N) is 2. The minimum Gasteiger partial charge on any atom is -0.381 e. The molecule has 0 unspecified atom stereocenters. The van der Waals surface area contributed by atoms with E-state index in [0.717, 1.165) is 12.8 Å². The molecule has 0 saturated carbocycles. The molecule has 0 aliphatic carbocycles. The molecule has 1 aliphatic rings. The number of hydrogen-bond donors (Lipinski definition) is 0. The van der Waals surface area contributed by atoms with Gasteiger partial charge in [-0.15, -0.1) is 0 Å². The Bertz CT molecular complexity index is 372. The molecular formula is C11H17ClN2O2. The van der Waals surface area contributed by atoms with Gasteiger partial charge in [0.1, 0.15) is 5.15 Å². The standard InChI is InChI=1S/C9H11ClN2O2.C2H6/c10-8-1-2-9(13)12(11-8)7-3-5-14-6-4-7;1-2/h1-2,7H,3-6H2;1-2H3. The van der Waals surface area contributed by atoms with E-state index >= 15 is 0 Å². The Morgan fingerprint density at radius 3 is 2.62 bits per heavy atom. The van der Waals surface area contributed by atoms with Crippen molar-refractivity contribution in [3.8, 4) is 0 Å². The van der Waals surface area contributed by atoms with E-state index in [9.17, 15) is 4.79 Å². The first kappa shape index (κ1) is 13.2. The van der Waals surface area contributed by atoms with Gasteiger partial charge in [-0.05, 0) is 18.9 Å². The first-order valence-corrected chi connectivity index (χ1v) is 5.98. The number of halogens is 1. The van der Waals surface area contributed by atoms with Gasteiger partial charge in [0.25, 0.3) is 5.56 Å². The molecule has 2 heterocycles.